The van der Waals surface area contributed by atoms with Gasteiger partial charge in [0.25, 0.3) is 0 Å². The number of hydrogen-bond donors (Lipinski definition) is 3. The van der Waals surface area contributed by atoms with Crippen LogP contribution in [0.25, 0.3) is 5.82 Å². The number of nitrogens with zero attached hydrogens (tertiary/aromatic N) is 8. The third-order valence-electron chi connectivity index (χ3n) is 6.06. The van der Waals surface area contributed by atoms with E-state index < -0.39 is 11.9 Å². The first-order valence-corrected chi connectivity index (χ1v) is 12.0. The molecule has 12 nitrogen and oxygen atoms in total. The molecule has 5 rings (SSSR count). The van der Waals surface area contributed by atoms with Crippen molar-refractivity contribution in [3.63, 3.8) is 0 Å². The van der Waals surface area contributed by atoms with Gasteiger partial charge in [0.05, 0.1) is 6.04 Å². The predicted molar refractivity (Wildman–Crippen MR) is 135 cm³/mol. The van der Waals surface area contributed by atoms with Crippen LogP contribution in [0.1, 0.15) is 29.9 Å². The van der Waals surface area contributed by atoms with E-state index in [0.717, 1.165) is 11.4 Å². The molecule has 1 saturated heterocycles. The number of rotatable bonds is 6. The highest BCUT2D eigenvalue weighted by Gasteiger charge is 2.24. The molecule has 4 aromatic rings. The zero-order valence-corrected chi connectivity index (χ0v) is 20.8. The third kappa shape index (κ3) is 5.50. The molecule has 13 heteroatoms. The number of carbonyl (C=O) groups excluding carboxylic acids is 1. The molecule has 1 aliphatic heterocycles. The Balaban J connectivity index is 1.18. The molecule has 0 spiro atoms. The Bertz CT molecular complexity index is 1380. The lowest BCUT2D eigenvalue weighted by Crippen LogP contribution is -2.52. The van der Waals surface area contributed by atoms with Crippen LogP contribution in [0.5, 0.6) is 0 Å². The van der Waals surface area contributed by atoms with Crippen LogP contribution in [-0.2, 0) is 0 Å². The van der Waals surface area contributed by atoms with Gasteiger partial charge in [-0.1, -0.05) is 0 Å². The monoisotopic (exact) mass is 505 g/mol. The SMILES string of the molecule is Cc1cc(Nc2cc(C)[nH]n2)nc(N2CCN(C(=O)NC(C)c3cnc(-n4cccn4)c(F)c3)CC2)n1. The highest BCUT2D eigenvalue weighted by molar-refractivity contribution is 5.75. The van der Waals surface area contributed by atoms with Crippen LogP contribution in [-0.4, -0.2) is 72.0 Å². The number of carbonyl (C=O) groups is 1. The molecule has 0 radical (unpaired) electrons. The maximum Gasteiger partial charge on any atom is 0.317 e. The molecule has 4 aromatic heterocycles. The van der Waals surface area contributed by atoms with Crippen LogP contribution in [0.15, 0.2) is 42.9 Å². The normalized spacial score (nSPS) is 14.5. The molecule has 0 saturated carbocycles. The number of aromatic nitrogens is 7. The van der Waals surface area contributed by atoms with Crippen molar-refractivity contribution in [1.29, 1.82) is 0 Å². The number of amides is 2. The predicted octanol–water partition coefficient (Wildman–Crippen LogP) is 2.87. The molecule has 1 aliphatic rings. The zero-order chi connectivity index (χ0) is 25.9. The Kier molecular flexibility index (Phi) is 6.66. The maximum absolute atomic E-state index is 14.6. The summed E-state index contributed by atoms with van der Waals surface area (Å²) in [5.74, 6) is 1.54. The fraction of sp³-hybridized carbons (Fsp3) is 0.333. The van der Waals surface area contributed by atoms with Crippen molar-refractivity contribution in [1.82, 2.24) is 45.1 Å². The van der Waals surface area contributed by atoms with E-state index in [9.17, 15) is 9.18 Å². The quantitative estimate of drug-likeness (QED) is 0.364. The smallest absolute Gasteiger partial charge is 0.317 e. The summed E-state index contributed by atoms with van der Waals surface area (Å²) >= 11 is 0. The van der Waals surface area contributed by atoms with Crippen molar-refractivity contribution in [2.75, 3.05) is 36.4 Å². The Labute approximate surface area is 212 Å². The number of aryl methyl sites for hydroxylation is 2. The fourth-order valence-electron chi connectivity index (χ4n) is 4.09. The van der Waals surface area contributed by atoms with Crippen molar-refractivity contribution in [2.24, 2.45) is 0 Å². The number of pyridine rings is 1. The lowest BCUT2D eigenvalue weighted by Gasteiger charge is -2.35. The van der Waals surface area contributed by atoms with Gasteiger partial charge in [-0.25, -0.2) is 23.8 Å². The van der Waals surface area contributed by atoms with Crippen molar-refractivity contribution in [3.05, 3.63) is 65.6 Å². The van der Waals surface area contributed by atoms with Crippen molar-refractivity contribution < 1.29 is 9.18 Å². The molecule has 1 unspecified atom stereocenters. The van der Waals surface area contributed by atoms with Gasteiger partial charge in [0.1, 0.15) is 5.82 Å². The van der Waals surface area contributed by atoms with Gasteiger partial charge in [0.2, 0.25) is 5.95 Å². The fourth-order valence-corrected chi connectivity index (χ4v) is 4.09. The number of aromatic amines is 1. The van der Waals surface area contributed by atoms with Gasteiger partial charge in [0.15, 0.2) is 17.5 Å². The summed E-state index contributed by atoms with van der Waals surface area (Å²) in [5.41, 5.74) is 2.35. The van der Waals surface area contributed by atoms with Crippen LogP contribution >= 0.6 is 0 Å². The molecule has 5 heterocycles. The summed E-state index contributed by atoms with van der Waals surface area (Å²) in [6, 6.07) is 6.19. The highest BCUT2D eigenvalue weighted by atomic mass is 19.1. The molecule has 0 aliphatic carbocycles. The largest absolute Gasteiger partial charge is 0.337 e. The first kappa shape index (κ1) is 24.2. The average Bonchev–Trinajstić information content (AvgIpc) is 3.55. The summed E-state index contributed by atoms with van der Waals surface area (Å²) in [6.07, 6.45) is 4.73. The minimum Gasteiger partial charge on any atom is -0.337 e. The van der Waals surface area contributed by atoms with Crippen molar-refractivity contribution in [2.45, 2.75) is 26.8 Å². The van der Waals surface area contributed by atoms with Gasteiger partial charge in [-0.15, -0.1) is 0 Å². The molecule has 0 bridgehead atoms. The Morgan fingerprint density at radius 1 is 1.11 bits per heavy atom. The second kappa shape index (κ2) is 10.2. The lowest BCUT2D eigenvalue weighted by molar-refractivity contribution is 0.191. The summed E-state index contributed by atoms with van der Waals surface area (Å²) in [5, 5.41) is 17.2. The van der Waals surface area contributed by atoms with E-state index in [1.165, 1.54) is 10.7 Å². The second-order valence-corrected chi connectivity index (χ2v) is 8.93. The number of H-pyrrole nitrogens is 1. The van der Waals surface area contributed by atoms with Crippen molar-refractivity contribution in [3.8, 4) is 5.82 Å². The van der Waals surface area contributed by atoms with Crippen LogP contribution in [0.3, 0.4) is 0 Å². The van der Waals surface area contributed by atoms with Gasteiger partial charge in [-0.2, -0.15) is 15.2 Å². The van der Waals surface area contributed by atoms with Gasteiger partial charge in [-0.3, -0.25) is 5.10 Å². The summed E-state index contributed by atoms with van der Waals surface area (Å²) in [4.78, 5) is 30.1. The van der Waals surface area contributed by atoms with E-state index in [2.05, 4.69) is 45.8 Å². The zero-order valence-electron chi connectivity index (χ0n) is 20.8. The third-order valence-corrected chi connectivity index (χ3v) is 6.06. The minimum atomic E-state index is -0.509. The first-order valence-electron chi connectivity index (χ1n) is 12.0. The molecule has 192 valence electrons. The number of piperazine rings is 1. The van der Waals surface area contributed by atoms with Crippen LogP contribution in [0.4, 0.5) is 26.8 Å². The van der Waals surface area contributed by atoms with E-state index in [4.69, 9.17) is 0 Å². The molecular formula is C24H28FN11O. The first-order chi connectivity index (χ1) is 17.9. The number of nitrogens with one attached hydrogen (secondary N) is 3. The molecule has 1 fully saturated rings. The van der Waals surface area contributed by atoms with Crippen LogP contribution in [0.2, 0.25) is 0 Å². The summed E-state index contributed by atoms with van der Waals surface area (Å²) in [7, 11) is 0. The summed E-state index contributed by atoms with van der Waals surface area (Å²) in [6.45, 7) is 7.82. The summed E-state index contributed by atoms with van der Waals surface area (Å²) < 4.78 is 15.9. The molecular weight excluding hydrogens is 477 g/mol. The average molecular weight is 506 g/mol. The van der Waals surface area contributed by atoms with E-state index in [0.29, 0.717) is 49.3 Å². The van der Waals surface area contributed by atoms with Gasteiger partial charge in [0, 0.05) is 68.3 Å². The van der Waals surface area contributed by atoms with E-state index in [1.54, 1.807) is 36.5 Å². The molecule has 2 amide bonds. The second-order valence-electron chi connectivity index (χ2n) is 8.93. The molecule has 3 N–H and O–H groups in total. The van der Waals surface area contributed by atoms with E-state index in [1.807, 2.05) is 26.0 Å². The maximum atomic E-state index is 14.6. The Morgan fingerprint density at radius 3 is 2.59 bits per heavy atom. The number of anilines is 3. The van der Waals surface area contributed by atoms with Gasteiger partial charge in [-0.05, 0) is 38.5 Å². The Morgan fingerprint density at radius 2 is 1.92 bits per heavy atom. The molecule has 37 heavy (non-hydrogen) atoms. The standard InChI is InChI=1S/C24H28FN11O/c1-15-11-20(30-21-12-16(2)32-33-21)31-23(28-15)34-7-9-35(10-8-34)24(37)29-17(3)18-13-19(25)22(26-14-18)36-6-4-5-27-36/h4-6,11-14,17H,7-10H2,1-3H3,(H,29,37)(H2,28,30,31,32,33). The number of urea groups is 1. The Hall–Kier alpha value is -4.55. The van der Waals surface area contributed by atoms with Crippen LogP contribution < -0.4 is 15.5 Å². The van der Waals surface area contributed by atoms with Gasteiger partial charge < -0.3 is 20.4 Å². The minimum absolute atomic E-state index is 0.111. The number of hydrogen-bond acceptors (Lipinski definition) is 8. The van der Waals surface area contributed by atoms with Crippen LogP contribution in [0, 0.1) is 19.7 Å². The van der Waals surface area contributed by atoms with E-state index >= 15 is 0 Å². The highest BCUT2D eigenvalue weighted by Crippen LogP contribution is 2.20. The molecule has 0 aromatic carbocycles. The topological polar surface area (TPSA) is 133 Å². The van der Waals surface area contributed by atoms with Crippen molar-refractivity contribution >= 4 is 23.6 Å². The lowest BCUT2D eigenvalue weighted by atomic mass is 10.1. The van der Waals surface area contributed by atoms with Gasteiger partial charge >= 0.3 is 6.03 Å². The molecule has 1 atom stereocenters. The number of halogens is 1. The van der Waals surface area contributed by atoms with E-state index in [-0.39, 0.29) is 11.8 Å².